The number of carbonyl (C=O) groups is 1. The Balaban J connectivity index is 2.21. The van der Waals surface area contributed by atoms with Crippen LogP contribution >= 0.6 is 11.8 Å². The Bertz CT molecular complexity index is 920. The first-order chi connectivity index (χ1) is 13.8. The van der Waals surface area contributed by atoms with E-state index in [1.807, 2.05) is 50.2 Å². The quantitative estimate of drug-likeness (QED) is 0.571. The van der Waals surface area contributed by atoms with E-state index in [0.29, 0.717) is 6.54 Å². The predicted molar refractivity (Wildman–Crippen MR) is 115 cm³/mol. The lowest BCUT2D eigenvalue weighted by Gasteiger charge is -2.41. The van der Waals surface area contributed by atoms with E-state index in [-0.39, 0.29) is 17.0 Å². The SMILES string of the molecule is CC1N(CCN(C)C)c2ccccc2SCC1(C(=O)O)c1ccccc1[N+](=O)[O-]. The Morgan fingerprint density at radius 3 is 2.59 bits per heavy atom. The second kappa shape index (κ2) is 8.42. The van der Waals surface area contributed by atoms with Gasteiger partial charge in [-0.2, -0.15) is 0 Å². The minimum atomic E-state index is -1.43. The first-order valence-electron chi connectivity index (χ1n) is 9.39. The number of thioether (sulfide) groups is 1. The normalized spacial score (nSPS) is 21.5. The van der Waals surface area contributed by atoms with Crippen molar-refractivity contribution >= 4 is 29.1 Å². The molecule has 0 aliphatic carbocycles. The van der Waals surface area contributed by atoms with Gasteiger partial charge in [0.25, 0.3) is 5.69 Å². The number of nitro benzene ring substituents is 1. The van der Waals surface area contributed by atoms with Crippen molar-refractivity contribution in [2.24, 2.45) is 0 Å². The molecule has 154 valence electrons. The summed E-state index contributed by atoms with van der Waals surface area (Å²) in [5.74, 6) is -0.835. The number of carboxylic acid groups (broad SMARTS) is 1. The monoisotopic (exact) mass is 415 g/mol. The number of benzene rings is 2. The van der Waals surface area contributed by atoms with E-state index in [0.717, 1.165) is 17.1 Å². The molecule has 1 aliphatic rings. The zero-order chi connectivity index (χ0) is 21.2. The van der Waals surface area contributed by atoms with Crippen molar-refractivity contribution in [3.8, 4) is 0 Å². The minimum Gasteiger partial charge on any atom is -0.480 e. The summed E-state index contributed by atoms with van der Waals surface area (Å²) >= 11 is 1.44. The second-order valence-corrected chi connectivity index (χ2v) is 8.50. The maximum Gasteiger partial charge on any atom is 0.317 e. The van der Waals surface area contributed by atoms with Crippen molar-refractivity contribution in [2.45, 2.75) is 23.3 Å². The van der Waals surface area contributed by atoms with Gasteiger partial charge in [-0.25, -0.2) is 0 Å². The van der Waals surface area contributed by atoms with Crippen LogP contribution < -0.4 is 4.90 Å². The molecule has 0 saturated heterocycles. The third-order valence-electron chi connectivity index (χ3n) is 5.56. The maximum absolute atomic E-state index is 12.8. The van der Waals surface area contributed by atoms with E-state index in [1.165, 1.54) is 17.8 Å². The molecule has 3 rings (SSSR count). The van der Waals surface area contributed by atoms with Crippen LogP contribution in [0.4, 0.5) is 11.4 Å². The lowest BCUT2D eigenvalue weighted by molar-refractivity contribution is -0.386. The topological polar surface area (TPSA) is 86.9 Å². The fraction of sp³-hybridized carbons (Fsp3) is 0.381. The van der Waals surface area contributed by atoms with Crippen molar-refractivity contribution in [1.82, 2.24) is 4.90 Å². The van der Waals surface area contributed by atoms with Crippen molar-refractivity contribution in [3.05, 3.63) is 64.2 Å². The number of hydrogen-bond acceptors (Lipinski definition) is 6. The highest BCUT2D eigenvalue weighted by atomic mass is 32.2. The molecule has 7 nitrogen and oxygen atoms in total. The lowest BCUT2D eigenvalue weighted by Crippen LogP contribution is -2.56. The van der Waals surface area contributed by atoms with Gasteiger partial charge in [-0.15, -0.1) is 11.8 Å². The van der Waals surface area contributed by atoms with Crippen LogP contribution in [0.3, 0.4) is 0 Å². The molecule has 2 aromatic carbocycles. The number of fused-ring (bicyclic) bond motifs is 1. The van der Waals surface area contributed by atoms with Crippen molar-refractivity contribution in [1.29, 1.82) is 0 Å². The molecular formula is C21H25N3O4S. The number of carboxylic acids is 1. The van der Waals surface area contributed by atoms with Gasteiger partial charge in [-0.05, 0) is 33.2 Å². The summed E-state index contributed by atoms with van der Waals surface area (Å²) in [4.78, 5) is 29.1. The number of aliphatic carboxylic acids is 1. The maximum atomic E-state index is 12.8. The first kappa shape index (κ1) is 21.1. The molecule has 0 aromatic heterocycles. The summed E-state index contributed by atoms with van der Waals surface area (Å²) in [7, 11) is 3.94. The van der Waals surface area contributed by atoms with Crippen LogP contribution in [0.15, 0.2) is 53.4 Å². The number of nitro groups is 1. The largest absolute Gasteiger partial charge is 0.480 e. The van der Waals surface area contributed by atoms with E-state index >= 15 is 0 Å². The summed E-state index contributed by atoms with van der Waals surface area (Å²) < 4.78 is 0. The Hall–Kier alpha value is -2.58. The zero-order valence-corrected chi connectivity index (χ0v) is 17.6. The number of nitrogens with zero attached hydrogens (tertiary/aromatic N) is 3. The Labute approximate surface area is 174 Å². The number of rotatable bonds is 6. The molecule has 1 aliphatic heterocycles. The van der Waals surface area contributed by atoms with Crippen molar-refractivity contribution in [3.63, 3.8) is 0 Å². The van der Waals surface area contributed by atoms with Crippen LogP contribution in [0.5, 0.6) is 0 Å². The molecule has 2 aromatic rings. The molecule has 1 heterocycles. The van der Waals surface area contributed by atoms with Crippen LogP contribution in [0, 0.1) is 10.1 Å². The van der Waals surface area contributed by atoms with Gasteiger partial charge in [-0.1, -0.05) is 30.3 Å². The van der Waals surface area contributed by atoms with Gasteiger partial charge >= 0.3 is 5.97 Å². The molecule has 2 atom stereocenters. The minimum absolute atomic E-state index is 0.152. The van der Waals surface area contributed by atoms with Crippen LogP contribution in [-0.2, 0) is 10.2 Å². The van der Waals surface area contributed by atoms with Crippen LogP contribution in [-0.4, -0.2) is 59.9 Å². The third-order valence-corrected chi connectivity index (χ3v) is 6.82. The fourth-order valence-corrected chi connectivity index (χ4v) is 5.31. The first-order valence-corrected chi connectivity index (χ1v) is 10.4. The average molecular weight is 416 g/mol. The van der Waals surface area contributed by atoms with Crippen molar-refractivity contribution < 1.29 is 14.8 Å². The Morgan fingerprint density at radius 1 is 1.28 bits per heavy atom. The van der Waals surface area contributed by atoms with Crippen LogP contribution in [0.1, 0.15) is 12.5 Å². The standard InChI is InChI=1S/C21H25N3O4S/c1-15-21(20(25)26,16-8-4-5-9-17(16)24(27)28)14-29-19-11-7-6-10-18(19)23(15)13-12-22(2)3/h4-11,15H,12-14H2,1-3H3,(H,25,26). The van der Waals surface area contributed by atoms with Gasteiger partial charge in [0.1, 0.15) is 5.41 Å². The summed E-state index contributed by atoms with van der Waals surface area (Å²) in [5.41, 5.74) is -0.366. The molecule has 2 unspecified atom stereocenters. The van der Waals surface area contributed by atoms with E-state index in [9.17, 15) is 20.0 Å². The number of likely N-dealkylation sites (N-methyl/N-ethyl adjacent to an activating group) is 1. The Morgan fingerprint density at radius 2 is 1.93 bits per heavy atom. The average Bonchev–Trinajstić information content (AvgIpc) is 2.81. The summed E-state index contributed by atoms with van der Waals surface area (Å²) in [6.07, 6.45) is 0. The van der Waals surface area contributed by atoms with Gasteiger partial charge in [0.05, 0.1) is 16.2 Å². The van der Waals surface area contributed by atoms with Gasteiger partial charge in [0, 0.05) is 35.8 Å². The van der Waals surface area contributed by atoms with E-state index < -0.39 is 22.3 Å². The smallest absolute Gasteiger partial charge is 0.317 e. The fourth-order valence-electron chi connectivity index (χ4n) is 3.89. The molecule has 0 spiro atoms. The highest BCUT2D eigenvalue weighted by Crippen LogP contribution is 2.47. The zero-order valence-electron chi connectivity index (χ0n) is 16.7. The van der Waals surface area contributed by atoms with E-state index in [2.05, 4.69) is 4.90 Å². The molecule has 8 heteroatoms. The van der Waals surface area contributed by atoms with Crippen molar-refractivity contribution in [2.75, 3.05) is 37.8 Å². The third kappa shape index (κ3) is 3.82. The number of anilines is 1. The molecule has 0 fully saturated rings. The van der Waals surface area contributed by atoms with Gasteiger partial charge < -0.3 is 14.9 Å². The van der Waals surface area contributed by atoms with Gasteiger partial charge in [-0.3, -0.25) is 14.9 Å². The number of para-hydroxylation sites is 2. The van der Waals surface area contributed by atoms with Gasteiger partial charge in [0.2, 0.25) is 0 Å². The number of hydrogen-bond donors (Lipinski definition) is 1. The van der Waals surface area contributed by atoms with Crippen LogP contribution in [0.2, 0.25) is 0 Å². The molecule has 0 saturated carbocycles. The van der Waals surface area contributed by atoms with Gasteiger partial charge in [0.15, 0.2) is 0 Å². The molecule has 0 radical (unpaired) electrons. The highest BCUT2D eigenvalue weighted by molar-refractivity contribution is 7.99. The lowest BCUT2D eigenvalue weighted by atomic mass is 9.74. The molecule has 0 bridgehead atoms. The highest BCUT2D eigenvalue weighted by Gasteiger charge is 2.52. The second-order valence-electron chi connectivity index (χ2n) is 7.48. The summed E-state index contributed by atoms with van der Waals surface area (Å²) in [5, 5.41) is 22.2. The molecule has 29 heavy (non-hydrogen) atoms. The molecule has 1 N–H and O–H groups in total. The van der Waals surface area contributed by atoms with E-state index in [4.69, 9.17) is 0 Å². The molecule has 0 amide bonds. The van der Waals surface area contributed by atoms with E-state index in [1.54, 1.807) is 18.2 Å². The predicted octanol–water partition coefficient (Wildman–Crippen LogP) is 3.48. The Kier molecular flexibility index (Phi) is 6.14. The van der Waals surface area contributed by atoms with Crippen LogP contribution in [0.25, 0.3) is 0 Å². The summed E-state index contributed by atoms with van der Waals surface area (Å²) in [6, 6.07) is 13.6. The summed E-state index contributed by atoms with van der Waals surface area (Å²) in [6.45, 7) is 3.21. The molecular weight excluding hydrogens is 390 g/mol.